The van der Waals surface area contributed by atoms with Gasteiger partial charge in [0.2, 0.25) is 0 Å². The van der Waals surface area contributed by atoms with Gasteiger partial charge in [0.05, 0.1) is 6.04 Å². The second-order valence-electron chi connectivity index (χ2n) is 2.97. The maximum atomic E-state index is 4.25. The largest absolute Gasteiger partial charge is 0.388 e. The SMILES string of the molecule is CCCNC1=CC=NC(C)C1. The maximum absolute atomic E-state index is 4.25. The highest BCUT2D eigenvalue weighted by atomic mass is 14.9. The van der Waals surface area contributed by atoms with E-state index in [4.69, 9.17) is 0 Å². The first-order valence-electron chi connectivity index (χ1n) is 4.29. The number of hydrogen-bond acceptors (Lipinski definition) is 2. The molecule has 0 amide bonds. The summed E-state index contributed by atoms with van der Waals surface area (Å²) in [6.07, 6.45) is 6.21. The second kappa shape index (κ2) is 4.16. The molecule has 1 unspecified atom stereocenters. The van der Waals surface area contributed by atoms with Crippen LogP contribution in [0.25, 0.3) is 0 Å². The predicted molar refractivity (Wildman–Crippen MR) is 48.9 cm³/mol. The van der Waals surface area contributed by atoms with Gasteiger partial charge in [0.1, 0.15) is 0 Å². The molecule has 0 fully saturated rings. The van der Waals surface area contributed by atoms with Crippen molar-refractivity contribution in [1.29, 1.82) is 0 Å². The van der Waals surface area contributed by atoms with Gasteiger partial charge in [0, 0.05) is 24.9 Å². The van der Waals surface area contributed by atoms with Gasteiger partial charge in [-0.15, -0.1) is 0 Å². The van der Waals surface area contributed by atoms with Crippen molar-refractivity contribution < 1.29 is 0 Å². The number of hydrogen-bond donors (Lipinski definition) is 1. The van der Waals surface area contributed by atoms with E-state index in [1.165, 1.54) is 12.1 Å². The van der Waals surface area contributed by atoms with Crippen molar-refractivity contribution in [3.8, 4) is 0 Å². The Labute approximate surface area is 68.4 Å². The Kier molecular flexibility index (Phi) is 3.14. The molecule has 0 aromatic carbocycles. The van der Waals surface area contributed by atoms with E-state index >= 15 is 0 Å². The van der Waals surface area contributed by atoms with Gasteiger partial charge < -0.3 is 5.32 Å². The molecule has 11 heavy (non-hydrogen) atoms. The van der Waals surface area contributed by atoms with Crippen molar-refractivity contribution >= 4 is 6.21 Å². The molecule has 0 spiro atoms. The summed E-state index contributed by atoms with van der Waals surface area (Å²) in [5, 5.41) is 3.37. The number of nitrogens with zero attached hydrogens (tertiary/aromatic N) is 1. The number of dihydropyridines is 1. The highest BCUT2D eigenvalue weighted by Gasteiger charge is 2.05. The van der Waals surface area contributed by atoms with Crippen molar-refractivity contribution in [2.24, 2.45) is 4.99 Å². The van der Waals surface area contributed by atoms with Crippen LogP contribution < -0.4 is 5.32 Å². The van der Waals surface area contributed by atoms with Crippen LogP contribution in [0.15, 0.2) is 16.8 Å². The summed E-state index contributed by atoms with van der Waals surface area (Å²) in [5.41, 5.74) is 1.33. The molecule has 0 aromatic heterocycles. The molecule has 1 N–H and O–H groups in total. The Morgan fingerprint density at radius 2 is 2.55 bits per heavy atom. The molecule has 0 bridgehead atoms. The summed E-state index contributed by atoms with van der Waals surface area (Å²) in [5.74, 6) is 0. The van der Waals surface area contributed by atoms with Crippen LogP contribution in [-0.2, 0) is 0 Å². The molecular weight excluding hydrogens is 136 g/mol. The smallest absolute Gasteiger partial charge is 0.0525 e. The summed E-state index contributed by atoms with van der Waals surface area (Å²) in [7, 11) is 0. The molecule has 0 aromatic rings. The number of nitrogens with one attached hydrogen (secondary N) is 1. The lowest BCUT2D eigenvalue weighted by Crippen LogP contribution is -2.19. The highest BCUT2D eigenvalue weighted by molar-refractivity contribution is 5.73. The molecular formula is C9H16N2. The van der Waals surface area contributed by atoms with E-state index in [9.17, 15) is 0 Å². The first-order valence-corrected chi connectivity index (χ1v) is 4.29. The highest BCUT2D eigenvalue weighted by Crippen LogP contribution is 2.08. The van der Waals surface area contributed by atoms with Gasteiger partial charge in [-0.3, -0.25) is 4.99 Å². The normalized spacial score (nSPS) is 23.1. The van der Waals surface area contributed by atoms with Crippen LogP contribution in [0, 0.1) is 0 Å². The summed E-state index contributed by atoms with van der Waals surface area (Å²) < 4.78 is 0. The van der Waals surface area contributed by atoms with E-state index in [0.29, 0.717) is 6.04 Å². The molecule has 1 aliphatic rings. The molecule has 1 rings (SSSR count). The van der Waals surface area contributed by atoms with E-state index < -0.39 is 0 Å². The van der Waals surface area contributed by atoms with Crippen molar-refractivity contribution in [3.63, 3.8) is 0 Å². The van der Waals surface area contributed by atoms with Crippen LogP contribution in [0.5, 0.6) is 0 Å². The molecule has 62 valence electrons. The minimum absolute atomic E-state index is 0.458. The zero-order chi connectivity index (χ0) is 8.10. The third-order valence-corrected chi connectivity index (χ3v) is 1.73. The van der Waals surface area contributed by atoms with E-state index in [1.807, 2.05) is 6.21 Å². The predicted octanol–water partition coefficient (Wildman–Crippen LogP) is 1.73. The molecule has 0 saturated heterocycles. The van der Waals surface area contributed by atoms with Gasteiger partial charge in [0.25, 0.3) is 0 Å². The number of allylic oxidation sites excluding steroid dienone is 1. The van der Waals surface area contributed by atoms with E-state index in [-0.39, 0.29) is 0 Å². The van der Waals surface area contributed by atoms with Crippen molar-refractivity contribution in [1.82, 2.24) is 5.32 Å². The quantitative estimate of drug-likeness (QED) is 0.654. The van der Waals surface area contributed by atoms with E-state index in [1.54, 1.807) is 0 Å². The Bertz CT molecular complexity index is 170. The Morgan fingerprint density at radius 3 is 3.18 bits per heavy atom. The fourth-order valence-corrected chi connectivity index (χ4v) is 1.14. The number of rotatable bonds is 3. The third-order valence-electron chi connectivity index (χ3n) is 1.73. The summed E-state index contributed by atoms with van der Waals surface area (Å²) in [6.45, 7) is 5.39. The molecule has 1 aliphatic heterocycles. The second-order valence-corrected chi connectivity index (χ2v) is 2.97. The molecule has 2 heteroatoms. The van der Waals surface area contributed by atoms with Gasteiger partial charge in [-0.05, 0) is 19.4 Å². The van der Waals surface area contributed by atoms with Crippen molar-refractivity contribution in [3.05, 3.63) is 11.8 Å². The first kappa shape index (κ1) is 8.31. The third kappa shape index (κ3) is 2.74. The van der Waals surface area contributed by atoms with Crippen LogP contribution in [0.4, 0.5) is 0 Å². The lowest BCUT2D eigenvalue weighted by atomic mass is 10.1. The minimum Gasteiger partial charge on any atom is -0.388 e. The fourth-order valence-electron chi connectivity index (χ4n) is 1.14. The average molecular weight is 152 g/mol. The van der Waals surface area contributed by atoms with Crippen molar-refractivity contribution in [2.45, 2.75) is 32.7 Å². The van der Waals surface area contributed by atoms with Crippen LogP contribution in [0.2, 0.25) is 0 Å². The summed E-state index contributed by atoms with van der Waals surface area (Å²) in [6, 6.07) is 0.458. The minimum atomic E-state index is 0.458. The lowest BCUT2D eigenvalue weighted by Gasteiger charge is -2.15. The van der Waals surface area contributed by atoms with E-state index in [0.717, 1.165) is 13.0 Å². The zero-order valence-corrected chi connectivity index (χ0v) is 7.30. The Morgan fingerprint density at radius 1 is 1.73 bits per heavy atom. The van der Waals surface area contributed by atoms with Gasteiger partial charge in [-0.1, -0.05) is 6.92 Å². The van der Waals surface area contributed by atoms with E-state index in [2.05, 4.69) is 30.2 Å². The van der Waals surface area contributed by atoms with Crippen molar-refractivity contribution in [2.75, 3.05) is 6.54 Å². The standard InChI is InChI=1S/C9H16N2/c1-3-5-11-9-4-6-10-8(2)7-9/h4,6,8,11H,3,5,7H2,1-2H3. The molecule has 1 atom stereocenters. The summed E-state index contributed by atoms with van der Waals surface area (Å²) >= 11 is 0. The monoisotopic (exact) mass is 152 g/mol. The molecule has 0 saturated carbocycles. The van der Waals surface area contributed by atoms with Gasteiger partial charge >= 0.3 is 0 Å². The van der Waals surface area contributed by atoms with Crippen LogP contribution in [0.1, 0.15) is 26.7 Å². The Balaban J connectivity index is 2.33. The molecule has 2 nitrogen and oxygen atoms in total. The maximum Gasteiger partial charge on any atom is 0.0525 e. The zero-order valence-electron chi connectivity index (χ0n) is 7.30. The van der Waals surface area contributed by atoms with Crippen LogP contribution in [-0.4, -0.2) is 18.8 Å². The van der Waals surface area contributed by atoms with Crippen LogP contribution >= 0.6 is 0 Å². The summed E-state index contributed by atoms with van der Waals surface area (Å²) in [4.78, 5) is 4.25. The average Bonchev–Trinajstić information content (AvgIpc) is 2.01. The number of aliphatic imine (C=N–C) groups is 1. The van der Waals surface area contributed by atoms with Gasteiger partial charge in [-0.2, -0.15) is 0 Å². The molecule has 1 heterocycles. The molecule has 0 aliphatic carbocycles. The topological polar surface area (TPSA) is 24.4 Å². The fraction of sp³-hybridized carbons (Fsp3) is 0.667. The van der Waals surface area contributed by atoms with Gasteiger partial charge in [0.15, 0.2) is 0 Å². The lowest BCUT2D eigenvalue weighted by molar-refractivity contribution is 0.655. The van der Waals surface area contributed by atoms with Gasteiger partial charge in [-0.25, -0.2) is 0 Å². The first-order chi connectivity index (χ1) is 5.33. The molecule has 0 radical (unpaired) electrons. The Hall–Kier alpha value is -0.790. The van der Waals surface area contributed by atoms with Crippen LogP contribution in [0.3, 0.4) is 0 Å².